The van der Waals surface area contributed by atoms with Crippen molar-refractivity contribution in [1.82, 2.24) is 0 Å². The molecule has 0 heterocycles. The van der Waals surface area contributed by atoms with Gasteiger partial charge in [0.05, 0.1) is 12.8 Å². The number of nitrogens with one attached hydrogen (secondary N) is 2. The highest BCUT2D eigenvalue weighted by atomic mass is 19.1. The number of methoxy groups -OCH3 is 1. The second-order valence-electron chi connectivity index (χ2n) is 4.12. The Labute approximate surface area is 120 Å². The smallest absolute Gasteiger partial charge is 0.314 e. The van der Waals surface area contributed by atoms with Gasteiger partial charge in [-0.3, -0.25) is 9.59 Å². The standard InChI is InChI=1S/C15H13FN2O3/c1-21-11-8-6-10(7-9-11)17-14(19)15(20)18-13-5-3-2-4-12(13)16/h2-9H,1H3,(H,17,19)(H,18,20). The number of amides is 2. The Morgan fingerprint density at radius 3 is 2.19 bits per heavy atom. The molecule has 6 heteroatoms. The Hall–Kier alpha value is -2.89. The summed E-state index contributed by atoms with van der Waals surface area (Å²) in [5, 5.41) is 4.61. The average molecular weight is 288 g/mol. The quantitative estimate of drug-likeness (QED) is 0.852. The van der Waals surface area contributed by atoms with Crippen molar-refractivity contribution >= 4 is 23.2 Å². The lowest BCUT2D eigenvalue weighted by atomic mass is 10.3. The molecule has 21 heavy (non-hydrogen) atoms. The van der Waals surface area contributed by atoms with Crippen LogP contribution in [0, 0.1) is 5.82 Å². The molecule has 2 N–H and O–H groups in total. The molecule has 0 atom stereocenters. The van der Waals surface area contributed by atoms with Gasteiger partial charge in [-0.1, -0.05) is 12.1 Å². The third kappa shape index (κ3) is 3.79. The van der Waals surface area contributed by atoms with E-state index in [1.807, 2.05) is 0 Å². The highest BCUT2D eigenvalue weighted by Gasteiger charge is 2.15. The predicted molar refractivity (Wildman–Crippen MR) is 76.7 cm³/mol. The minimum absolute atomic E-state index is 0.0487. The van der Waals surface area contributed by atoms with Crippen LogP contribution < -0.4 is 15.4 Å². The molecule has 2 aromatic carbocycles. The Kier molecular flexibility index (Phi) is 4.50. The van der Waals surface area contributed by atoms with E-state index in [1.54, 1.807) is 30.3 Å². The maximum atomic E-state index is 13.4. The summed E-state index contributed by atoms with van der Waals surface area (Å²) >= 11 is 0. The molecule has 0 bridgehead atoms. The highest BCUT2D eigenvalue weighted by Crippen LogP contribution is 2.15. The summed E-state index contributed by atoms with van der Waals surface area (Å²) < 4.78 is 18.3. The SMILES string of the molecule is COc1ccc(NC(=O)C(=O)Nc2ccccc2F)cc1. The minimum Gasteiger partial charge on any atom is -0.497 e. The van der Waals surface area contributed by atoms with E-state index in [4.69, 9.17) is 4.74 Å². The van der Waals surface area contributed by atoms with Gasteiger partial charge in [-0.25, -0.2) is 4.39 Å². The van der Waals surface area contributed by atoms with Crippen LogP contribution in [0.15, 0.2) is 48.5 Å². The number of carbonyl (C=O) groups excluding carboxylic acids is 2. The van der Waals surface area contributed by atoms with Gasteiger partial charge in [-0.2, -0.15) is 0 Å². The van der Waals surface area contributed by atoms with Gasteiger partial charge in [-0.05, 0) is 36.4 Å². The summed E-state index contributed by atoms with van der Waals surface area (Å²) in [5.74, 6) is -1.81. The summed E-state index contributed by atoms with van der Waals surface area (Å²) in [5.41, 5.74) is 0.386. The predicted octanol–water partition coefficient (Wildman–Crippen LogP) is 2.41. The number of carbonyl (C=O) groups is 2. The first-order valence-electron chi connectivity index (χ1n) is 6.11. The van der Waals surface area contributed by atoms with E-state index < -0.39 is 17.6 Å². The molecule has 0 unspecified atom stereocenters. The number of hydrogen-bond donors (Lipinski definition) is 2. The van der Waals surface area contributed by atoms with Crippen LogP contribution in [-0.2, 0) is 9.59 Å². The van der Waals surface area contributed by atoms with Crippen molar-refractivity contribution in [3.63, 3.8) is 0 Å². The first-order chi connectivity index (χ1) is 10.1. The van der Waals surface area contributed by atoms with Crippen molar-refractivity contribution in [2.24, 2.45) is 0 Å². The monoisotopic (exact) mass is 288 g/mol. The molecule has 0 saturated carbocycles. The first kappa shape index (κ1) is 14.5. The summed E-state index contributed by atoms with van der Waals surface area (Å²) in [4.78, 5) is 23.4. The lowest BCUT2D eigenvalue weighted by Gasteiger charge is -2.07. The number of para-hydroxylation sites is 1. The van der Waals surface area contributed by atoms with Crippen molar-refractivity contribution in [2.75, 3.05) is 17.7 Å². The molecule has 0 aromatic heterocycles. The van der Waals surface area contributed by atoms with Crippen molar-refractivity contribution in [1.29, 1.82) is 0 Å². The van der Waals surface area contributed by atoms with Crippen LogP contribution in [-0.4, -0.2) is 18.9 Å². The number of hydrogen-bond acceptors (Lipinski definition) is 3. The molecule has 2 aromatic rings. The summed E-state index contributed by atoms with van der Waals surface area (Å²) in [7, 11) is 1.52. The fourth-order valence-corrected chi connectivity index (χ4v) is 1.60. The van der Waals surface area contributed by atoms with Crippen molar-refractivity contribution in [3.05, 3.63) is 54.3 Å². The molecular formula is C15H13FN2O3. The fourth-order valence-electron chi connectivity index (χ4n) is 1.60. The van der Waals surface area contributed by atoms with Crippen LogP contribution in [0.3, 0.4) is 0 Å². The summed E-state index contributed by atoms with van der Waals surface area (Å²) in [6.45, 7) is 0. The molecule has 5 nitrogen and oxygen atoms in total. The Bertz CT molecular complexity index is 656. The van der Waals surface area contributed by atoms with Gasteiger partial charge in [0, 0.05) is 5.69 Å². The zero-order valence-corrected chi connectivity index (χ0v) is 11.2. The van der Waals surface area contributed by atoms with Crippen molar-refractivity contribution in [3.8, 4) is 5.75 Å². The molecule has 0 saturated heterocycles. The van der Waals surface area contributed by atoms with E-state index in [-0.39, 0.29) is 5.69 Å². The van der Waals surface area contributed by atoms with Gasteiger partial charge >= 0.3 is 11.8 Å². The van der Waals surface area contributed by atoms with Gasteiger partial charge in [0.25, 0.3) is 0 Å². The van der Waals surface area contributed by atoms with Crippen LogP contribution in [0.5, 0.6) is 5.75 Å². The van der Waals surface area contributed by atoms with E-state index in [0.717, 1.165) is 0 Å². The molecule has 0 aliphatic heterocycles. The van der Waals surface area contributed by atoms with E-state index >= 15 is 0 Å². The highest BCUT2D eigenvalue weighted by molar-refractivity contribution is 6.43. The molecule has 0 radical (unpaired) electrons. The summed E-state index contributed by atoms with van der Waals surface area (Å²) in [6.07, 6.45) is 0. The number of anilines is 2. The van der Waals surface area contributed by atoms with Crippen molar-refractivity contribution in [2.45, 2.75) is 0 Å². The van der Waals surface area contributed by atoms with Gasteiger partial charge < -0.3 is 15.4 Å². The molecule has 0 aliphatic carbocycles. The minimum atomic E-state index is -0.948. The molecule has 108 valence electrons. The molecule has 0 aliphatic rings. The number of rotatable bonds is 3. The summed E-state index contributed by atoms with van der Waals surface area (Å²) in [6, 6.07) is 12.1. The van der Waals surface area contributed by atoms with Gasteiger partial charge in [-0.15, -0.1) is 0 Å². The lowest BCUT2D eigenvalue weighted by Crippen LogP contribution is -2.29. The van der Waals surface area contributed by atoms with Crippen LogP contribution in [0.2, 0.25) is 0 Å². The van der Waals surface area contributed by atoms with Gasteiger partial charge in [0.2, 0.25) is 0 Å². The average Bonchev–Trinajstić information content (AvgIpc) is 2.50. The van der Waals surface area contributed by atoms with Crippen LogP contribution in [0.4, 0.5) is 15.8 Å². The molecule has 0 fully saturated rings. The molecule has 2 rings (SSSR count). The van der Waals surface area contributed by atoms with E-state index in [9.17, 15) is 14.0 Å². The van der Waals surface area contributed by atoms with Crippen LogP contribution in [0.25, 0.3) is 0 Å². The third-order valence-electron chi connectivity index (χ3n) is 2.68. The maximum Gasteiger partial charge on any atom is 0.314 e. The fraction of sp³-hybridized carbons (Fsp3) is 0.0667. The first-order valence-corrected chi connectivity index (χ1v) is 6.11. The molecular weight excluding hydrogens is 275 g/mol. The second-order valence-corrected chi connectivity index (χ2v) is 4.12. The van der Waals surface area contributed by atoms with Crippen LogP contribution in [0.1, 0.15) is 0 Å². The number of halogens is 1. The zero-order chi connectivity index (χ0) is 15.2. The molecule has 0 spiro atoms. The van der Waals surface area contributed by atoms with Crippen molar-refractivity contribution < 1.29 is 18.7 Å². The Morgan fingerprint density at radius 2 is 1.57 bits per heavy atom. The third-order valence-corrected chi connectivity index (χ3v) is 2.68. The maximum absolute atomic E-state index is 13.4. The van der Waals surface area contributed by atoms with E-state index in [1.165, 1.54) is 25.3 Å². The van der Waals surface area contributed by atoms with E-state index in [0.29, 0.717) is 11.4 Å². The number of ether oxygens (including phenoxy) is 1. The topological polar surface area (TPSA) is 67.4 Å². The Morgan fingerprint density at radius 1 is 0.952 bits per heavy atom. The van der Waals surface area contributed by atoms with Crippen LogP contribution >= 0.6 is 0 Å². The van der Waals surface area contributed by atoms with Gasteiger partial charge in [0.15, 0.2) is 0 Å². The Balaban J connectivity index is 1.99. The largest absolute Gasteiger partial charge is 0.497 e. The lowest BCUT2D eigenvalue weighted by molar-refractivity contribution is -0.133. The normalized spacial score (nSPS) is 9.81. The molecule has 2 amide bonds. The zero-order valence-electron chi connectivity index (χ0n) is 11.2. The second kappa shape index (κ2) is 6.51. The van der Waals surface area contributed by atoms with E-state index in [2.05, 4.69) is 10.6 Å². The van der Waals surface area contributed by atoms with Gasteiger partial charge in [0.1, 0.15) is 11.6 Å². The number of benzene rings is 2.